The maximum Gasteiger partial charge on any atom is 0.319 e. The molecule has 1 aromatic heterocycles. The lowest BCUT2D eigenvalue weighted by Gasteiger charge is -2.40. The lowest BCUT2D eigenvalue weighted by atomic mass is 9.86. The summed E-state index contributed by atoms with van der Waals surface area (Å²) in [6, 6.07) is 7.78. The Morgan fingerprint density at radius 2 is 2.08 bits per heavy atom. The van der Waals surface area contributed by atoms with Gasteiger partial charge in [0.05, 0.1) is 17.4 Å². The molecule has 1 aliphatic heterocycles. The van der Waals surface area contributed by atoms with Crippen molar-refractivity contribution >= 4 is 11.7 Å². The van der Waals surface area contributed by atoms with E-state index in [1.807, 2.05) is 44.4 Å². The summed E-state index contributed by atoms with van der Waals surface area (Å²) in [4.78, 5) is 12.6. The molecule has 1 saturated carbocycles. The zero-order chi connectivity index (χ0) is 17.4. The molecule has 1 aliphatic carbocycles. The number of hydrogen-bond acceptors (Lipinski definition) is 3. The van der Waals surface area contributed by atoms with Gasteiger partial charge in [0.15, 0.2) is 0 Å². The molecule has 2 N–H and O–H groups in total. The van der Waals surface area contributed by atoms with Crippen LogP contribution < -0.4 is 15.4 Å². The third-order valence-corrected chi connectivity index (χ3v) is 5.28. The van der Waals surface area contributed by atoms with E-state index in [1.165, 1.54) is 12.8 Å². The van der Waals surface area contributed by atoms with Gasteiger partial charge in [-0.15, -0.1) is 0 Å². The number of hydrogen-bond donors (Lipinski definition) is 2. The summed E-state index contributed by atoms with van der Waals surface area (Å²) in [5.74, 6) is 0.901. The number of amides is 2. The Balaban J connectivity index is 1.54. The zero-order valence-electron chi connectivity index (χ0n) is 14.7. The number of aryl methyl sites for hydroxylation is 2. The van der Waals surface area contributed by atoms with Crippen LogP contribution in [0.25, 0.3) is 0 Å². The Morgan fingerprint density at radius 3 is 2.80 bits per heavy atom. The molecule has 6 nitrogen and oxygen atoms in total. The topological polar surface area (TPSA) is 68.2 Å². The lowest BCUT2D eigenvalue weighted by molar-refractivity contribution is 0.0388. The van der Waals surface area contributed by atoms with Crippen molar-refractivity contribution in [3.8, 4) is 5.75 Å². The van der Waals surface area contributed by atoms with E-state index in [0.29, 0.717) is 0 Å². The van der Waals surface area contributed by atoms with E-state index < -0.39 is 0 Å². The van der Waals surface area contributed by atoms with Crippen LogP contribution in [0.15, 0.2) is 30.5 Å². The number of carbonyl (C=O) groups is 1. The van der Waals surface area contributed by atoms with Gasteiger partial charge < -0.3 is 15.4 Å². The number of nitrogens with one attached hydrogen (secondary N) is 2. The van der Waals surface area contributed by atoms with E-state index in [9.17, 15) is 4.79 Å². The monoisotopic (exact) mass is 340 g/mol. The van der Waals surface area contributed by atoms with Gasteiger partial charge in [-0.25, -0.2) is 4.79 Å². The third kappa shape index (κ3) is 3.08. The van der Waals surface area contributed by atoms with Crippen LogP contribution in [0.3, 0.4) is 0 Å². The van der Waals surface area contributed by atoms with E-state index in [2.05, 4.69) is 15.7 Å². The lowest BCUT2D eigenvalue weighted by Crippen LogP contribution is -2.44. The van der Waals surface area contributed by atoms with Crippen LogP contribution in [-0.4, -0.2) is 21.4 Å². The van der Waals surface area contributed by atoms with E-state index in [1.54, 1.807) is 4.68 Å². The molecule has 6 heteroatoms. The van der Waals surface area contributed by atoms with Crippen molar-refractivity contribution in [2.75, 3.05) is 5.32 Å². The van der Waals surface area contributed by atoms with E-state index in [4.69, 9.17) is 4.74 Å². The highest BCUT2D eigenvalue weighted by molar-refractivity contribution is 5.90. The number of benzene rings is 1. The number of anilines is 1. The molecular weight excluding hydrogens is 316 g/mol. The standard InChI is InChI=1S/C19H24N4O2/c1-13-16(12-23(2)22-13)21-18(24)20-15-11-19(9-5-6-10-19)25-17-8-4-3-7-14(15)17/h3-4,7-8,12,15H,5-6,9-11H2,1-2H3,(H2,20,21,24). The molecule has 0 radical (unpaired) electrons. The van der Waals surface area contributed by atoms with Gasteiger partial charge in [-0.05, 0) is 38.7 Å². The summed E-state index contributed by atoms with van der Waals surface area (Å²) >= 11 is 0. The smallest absolute Gasteiger partial charge is 0.319 e. The Labute approximate surface area is 147 Å². The SMILES string of the molecule is Cc1nn(C)cc1NC(=O)NC1CC2(CCCC2)Oc2ccccc21. The summed E-state index contributed by atoms with van der Waals surface area (Å²) in [7, 11) is 1.84. The average Bonchev–Trinajstić information content (AvgIpc) is 3.14. The van der Waals surface area contributed by atoms with Gasteiger partial charge >= 0.3 is 6.03 Å². The number of fused-ring (bicyclic) bond motifs is 1. The first-order chi connectivity index (χ1) is 12.0. The first-order valence-electron chi connectivity index (χ1n) is 8.90. The molecule has 2 heterocycles. The van der Waals surface area contributed by atoms with Gasteiger partial charge in [-0.2, -0.15) is 5.10 Å². The van der Waals surface area contributed by atoms with Gasteiger partial charge in [0.2, 0.25) is 0 Å². The number of nitrogens with zero attached hydrogens (tertiary/aromatic N) is 2. The third-order valence-electron chi connectivity index (χ3n) is 5.28. The summed E-state index contributed by atoms with van der Waals surface area (Å²) in [5, 5.41) is 10.3. The number of carbonyl (C=O) groups excluding carboxylic acids is 1. The van der Waals surface area contributed by atoms with Crippen molar-refractivity contribution in [3.63, 3.8) is 0 Å². The van der Waals surface area contributed by atoms with Crippen molar-refractivity contribution in [2.45, 2.75) is 50.7 Å². The van der Waals surface area contributed by atoms with Crippen LogP contribution in [0.5, 0.6) is 5.75 Å². The minimum absolute atomic E-state index is 0.0416. The highest BCUT2D eigenvalue weighted by atomic mass is 16.5. The largest absolute Gasteiger partial charge is 0.487 e. The van der Waals surface area contributed by atoms with Crippen molar-refractivity contribution in [1.29, 1.82) is 0 Å². The summed E-state index contributed by atoms with van der Waals surface area (Å²) < 4.78 is 8.04. The molecule has 25 heavy (non-hydrogen) atoms. The Bertz CT molecular complexity index is 792. The number of urea groups is 1. The van der Waals surface area contributed by atoms with Crippen LogP contribution in [0.2, 0.25) is 0 Å². The fraction of sp³-hybridized carbons (Fsp3) is 0.474. The van der Waals surface area contributed by atoms with Crippen molar-refractivity contribution in [2.24, 2.45) is 7.05 Å². The van der Waals surface area contributed by atoms with Crippen LogP contribution in [-0.2, 0) is 7.05 Å². The molecule has 1 spiro atoms. The molecule has 2 aromatic rings. The predicted molar refractivity (Wildman–Crippen MR) is 95.7 cm³/mol. The fourth-order valence-corrected chi connectivity index (χ4v) is 4.11. The first kappa shape index (κ1) is 16.0. The van der Waals surface area contributed by atoms with Crippen molar-refractivity contribution in [1.82, 2.24) is 15.1 Å². The Hall–Kier alpha value is -2.50. The predicted octanol–water partition coefficient (Wildman–Crippen LogP) is 3.69. The number of ether oxygens (including phenoxy) is 1. The molecule has 1 aromatic carbocycles. The highest BCUT2D eigenvalue weighted by Crippen LogP contribution is 2.46. The average molecular weight is 340 g/mol. The molecule has 1 unspecified atom stereocenters. The second-order valence-electron chi connectivity index (χ2n) is 7.19. The second kappa shape index (κ2) is 6.10. The van der Waals surface area contributed by atoms with Crippen molar-refractivity contribution < 1.29 is 9.53 Å². The minimum Gasteiger partial charge on any atom is -0.487 e. The van der Waals surface area contributed by atoms with Crippen molar-refractivity contribution in [3.05, 3.63) is 41.7 Å². The maximum atomic E-state index is 12.6. The van der Waals surface area contributed by atoms with Gasteiger partial charge in [0, 0.05) is 25.2 Å². The molecule has 0 saturated heterocycles. The maximum absolute atomic E-state index is 12.6. The summed E-state index contributed by atoms with van der Waals surface area (Å²) in [6.07, 6.45) is 7.13. The minimum atomic E-state index is -0.203. The van der Waals surface area contributed by atoms with Gasteiger partial charge in [-0.3, -0.25) is 4.68 Å². The summed E-state index contributed by atoms with van der Waals surface area (Å²) in [5.41, 5.74) is 2.46. The highest BCUT2D eigenvalue weighted by Gasteiger charge is 2.43. The van der Waals surface area contributed by atoms with Crippen LogP contribution in [0.1, 0.15) is 49.4 Å². The summed E-state index contributed by atoms with van der Waals surface area (Å²) in [6.45, 7) is 1.88. The van der Waals surface area contributed by atoms with Gasteiger partial charge in [-0.1, -0.05) is 18.2 Å². The quantitative estimate of drug-likeness (QED) is 0.876. The molecule has 2 aliphatic rings. The second-order valence-corrected chi connectivity index (χ2v) is 7.19. The van der Waals surface area contributed by atoms with E-state index in [0.717, 1.165) is 42.0 Å². The number of rotatable bonds is 2. The number of para-hydroxylation sites is 1. The molecule has 1 fully saturated rings. The fourth-order valence-electron chi connectivity index (χ4n) is 4.11. The molecule has 4 rings (SSSR count). The van der Waals surface area contributed by atoms with Gasteiger partial charge in [0.25, 0.3) is 0 Å². The molecule has 1 atom stereocenters. The Morgan fingerprint density at radius 1 is 1.32 bits per heavy atom. The number of aromatic nitrogens is 2. The van der Waals surface area contributed by atoms with Crippen LogP contribution in [0.4, 0.5) is 10.5 Å². The zero-order valence-corrected chi connectivity index (χ0v) is 14.7. The molecule has 0 bridgehead atoms. The van der Waals surface area contributed by atoms with Crippen LogP contribution in [0, 0.1) is 6.92 Å². The molecular formula is C19H24N4O2. The first-order valence-corrected chi connectivity index (χ1v) is 8.90. The Kier molecular flexibility index (Phi) is 3.90. The van der Waals surface area contributed by atoms with E-state index >= 15 is 0 Å². The normalized spacial score (nSPS) is 20.8. The van der Waals surface area contributed by atoms with Gasteiger partial charge in [0.1, 0.15) is 11.4 Å². The van der Waals surface area contributed by atoms with E-state index in [-0.39, 0.29) is 17.7 Å². The molecule has 132 valence electrons. The van der Waals surface area contributed by atoms with Crippen LogP contribution >= 0.6 is 0 Å². The molecule has 2 amide bonds.